The Labute approximate surface area is 496 Å². The van der Waals surface area contributed by atoms with Gasteiger partial charge in [0, 0.05) is 79.6 Å². The summed E-state index contributed by atoms with van der Waals surface area (Å²) in [6.45, 7) is 3.58. The lowest BCUT2D eigenvalue weighted by Crippen LogP contribution is -2.23. The summed E-state index contributed by atoms with van der Waals surface area (Å²) >= 11 is 0. The molecule has 3 amide bonds. The van der Waals surface area contributed by atoms with Crippen molar-refractivity contribution >= 4 is 56.7 Å². The monoisotopic (exact) mass is 1160 g/mol. The van der Waals surface area contributed by atoms with Crippen molar-refractivity contribution in [3.63, 3.8) is 0 Å². The number of fused-ring (bicyclic) bond motifs is 6. The van der Waals surface area contributed by atoms with Crippen molar-refractivity contribution in [2.45, 2.75) is 58.9 Å². The predicted octanol–water partition coefficient (Wildman–Crippen LogP) is 12.8. The molecule has 0 bridgehead atoms. The predicted molar refractivity (Wildman–Crippen MR) is 320 cm³/mol. The minimum absolute atomic E-state index is 0.0576. The van der Waals surface area contributed by atoms with Crippen LogP contribution in [0.3, 0.4) is 0 Å². The number of aliphatic hydroxyl groups excluding tert-OH is 1. The summed E-state index contributed by atoms with van der Waals surface area (Å²) in [6, 6.07) is 48.4. The maximum absolute atomic E-state index is 13.9. The minimum atomic E-state index is -0.507. The number of amides is 3. The van der Waals surface area contributed by atoms with Gasteiger partial charge in [-0.1, -0.05) is 115 Å². The number of carbonyl (C=O) groups excluding carboxylic acids is 4. The molecule has 0 fully saturated rings. The fraction of sp³-hybridized carbons (Fsp3) is 0.129. The average Bonchev–Trinajstić information content (AvgIpc) is 1.76. The van der Waals surface area contributed by atoms with E-state index in [0.717, 1.165) is 50.6 Å². The number of aromatic nitrogens is 3. The van der Waals surface area contributed by atoms with Gasteiger partial charge in [0.25, 0.3) is 17.7 Å². The highest BCUT2D eigenvalue weighted by Crippen LogP contribution is 2.44. The van der Waals surface area contributed by atoms with Gasteiger partial charge in [-0.25, -0.2) is 13.2 Å². The zero-order valence-corrected chi connectivity index (χ0v) is 46.7. The van der Waals surface area contributed by atoms with Crippen LogP contribution in [-0.4, -0.2) is 69.0 Å². The van der Waals surface area contributed by atoms with E-state index >= 15 is 0 Å². The number of hydrogen-bond donors (Lipinski definition) is 3. The molecule has 6 heterocycles. The molecule has 3 aromatic heterocycles. The Hall–Kier alpha value is -10.8. The van der Waals surface area contributed by atoms with Gasteiger partial charge >= 0.3 is 0 Å². The SMILES string of the molecule is Cc1c2c(c(O)c3ncccc13)C(=O)N(Cc1ccc(F)cc1)C2.O=C1c2c(c(CO)c3cccnc3c2O)CN1Cc1ccc(F)cc1.O=Cc1c2c(c(OC(c3ccccc3)c3ccccc3)c3ncccc13)C(=O)N(Cc1ccc(F)cc1)C2. The van der Waals surface area contributed by atoms with Gasteiger partial charge in [0.1, 0.15) is 40.1 Å². The van der Waals surface area contributed by atoms with Crippen LogP contribution in [-0.2, 0) is 45.9 Å². The third-order valence-corrected chi connectivity index (χ3v) is 16.0. The molecule has 17 heteroatoms. The van der Waals surface area contributed by atoms with E-state index in [0.29, 0.717) is 86.1 Å². The molecule has 3 N–H and O–H groups in total. The number of aryl methyl sites for hydroxylation is 1. The van der Waals surface area contributed by atoms with E-state index < -0.39 is 6.10 Å². The van der Waals surface area contributed by atoms with Crippen LogP contribution >= 0.6 is 0 Å². The number of aromatic hydroxyl groups is 2. The van der Waals surface area contributed by atoms with Gasteiger partial charge in [-0.05, 0) is 117 Å². The fourth-order valence-electron chi connectivity index (χ4n) is 11.7. The lowest BCUT2D eigenvalue weighted by atomic mass is 9.96. The maximum atomic E-state index is 13.9. The van der Waals surface area contributed by atoms with Crippen molar-refractivity contribution in [1.82, 2.24) is 29.7 Å². The number of aldehydes is 1. The van der Waals surface area contributed by atoms with Crippen LogP contribution in [0.2, 0.25) is 0 Å². The first-order chi connectivity index (χ1) is 42.3. The van der Waals surface area contributed by atoms with Gasteiger partial charge in [-0.15, -0.1) is 0 Å². The first kappa shape index (κ1) is 56.7. The quantitative estimate of drug-likeness (QED) is 0.0988. The topological polar surface area (TPSA) is 187 Å². The summed E-state index contributed by atoms with van der Waals surface area (Å²) in [5.41, 5.74) is 10.4. The molecule has 87 heavy (non-hydrogen) atoms. The lowest BCUT2D eigenvalue weighted by Gasteiger charge is -2.23. The van der Waals surface area contributed by atoms with Crippen molar-refractivity contribution in [2.75, 3.05) is 0 Å². The highest BCUT2D eigenvalue weighted by atomic mass is 19.1. The highest BCUT2D eigenvalue weighted by Gasteiger charge is 2.38. The molecule has 0 aliphatic carbocycles. The standard InChI is InChI=1S/C32H23FN2O3.C19H15FN2O3.C19H15FN2O2/c33-24-15-13-21(14-16-24)18-35-19-26-27(20-36)25-12-7-17-34-29(25)31(28(26)32(35)37)38-30(22-8-3-1-4-9-22)23-10-5-2-6-11-23;20-12-5-3-11(4-6-12)8-22-9-14-15(10-23)13-2-1-7-21-17(13)18(24)16(14)19(22)25;1-11-14-3-2-8-21-17(14)18(23)16-15(11)10-22(19(16)24)9-12-4-6-13(20)7-5-12/h1-17,20,30H,18-19H2;1-7,23-24H,8-10H2;2-8,23H,9-10H2,1H3. The number of benzene rings is 8. The molecular formula is C70H53F3N6O8. The summed E-state index contributed by atoms with van der Waals surface area (Å²) in [4.78, 5) is 69.5. The molecule has 3 aliphatic rings. The van der Waals surface area contributed by atoms with Crippen LogP contribution < -0.4 is 4.74 Å². The molecule has 14 nitrogen and oxygen atoms in total. The molecule has 0 radical (unpaired) electrons. The summed E-state index contributed by atoms with van der Waals surface area (Å²) in [5, 5.41) is 33.0. The third-order valence-electron chi connectivity index (χ3n) is 16.0. The van der Waals surface area contributed by atoms with E-state index in [1.807, 2.05) is 85.8 Å². The van der Waals surface area contributed by atoms with Crippen LogP contribution in [0.1, 0.15) is 103 Å². The lowest BCUT2D eigenvalue weighted by molar-refractivity contribution is 0.0755. The molecule has 8 aromatic carbocycles. The van der Waals surface area contributed by atoms with Gasteiger partial charge in [0.2, 0.25) is 0 Å². The van der Waals surface area contributed by atoms with E-state index in [4.69, 9.17) is 4.74 Å². The van der Waals surface area contributed by atoms with E-state index in [2.05, 4.69) is 15.0 Å². The molecule has 0 spiro atoms. The van der Waals surface area contributed by atoms with E-state index in [1.54, 1.807) is 81.7 Å². The molecule has 0 unspecified atom stereocenters. The van der Waals surface area contributed by atoms with Gasteiger partial charge in [-0.3, -0.25) is 34.1 Å². The second-order valence-electron chi connectivity index (χ2n) is 21.3. The molecule has 14 rings (SSSR count). The Balaban J connectivity index is 0.000000133. The number of aliphatic hydroxyl groups is 1. The van der Waals surface area contributed by atoms with Crippen molar-refractivity contribution in [2.24, 2.45) is 0 Å². The number of ether oxygens (including phenoxy) is 1. The number of carbonyl (C=O) groups is 4. The second kappa shape index (κ2) is 24.1. The number of pyridine rings is 3. The van der Waals surface area contributed by atoms with Crippen LogP contribution in [0.5, 0.6) is 17.2 Å². The molecule has 0 saturated heterocycles. The van der Waals surface area contributed by atoms with Crippen LogP contribution in [0.4, 0.5) is 13.2 Å². The number of nitrogens with zero attached hydrogens (tertiary/aromatic N) is 6. The maximum Gasteiger partial charge on any atom is 0.258 e. The van der Waals surface area contributed by atoms with Crippen molar-refractivity contribution < 1.29 is 52.4 Å². The zero-order valence-electron chi connectivity index (χ0n) is 46.7. The van der Waals surface area contributed by atoms with E-state index in [-0.39, 0.29) is 78.5 Å². The second-order valence-corrected chi connectivity index (χ2v) is 21.3. The Morgan fingerprint density at radius 2 is 0.897 bits per heavy atom. The summed E-state index contributed by atoms with van der Waals surface area (Å²) in [5.74, 6) is -1.64. The molecule has 432 valence electrons. The Bertz CT molecular complexity index is 4440. The Morgan fingerprint density at radius 1 is 0.494 bits per heavy atom. The molecule has 0 atom stereocenters. The highest BCUT2D eigenvalue weighted by molar-refractivity contribution is 6.12. The normalized spacial score (nSPS) is 13.2. The Morgan fingerprint density at radius 3 is 1.37 bits per heavy atom. The summed E-state index contributed by atoms with van der Waals surface area (Å²) in [7, 11) is 0. The van der Waals surface area contributed by atoms with Gasteiger partial charge in [0.15, 0.2) is 23.5 Å². The number of hydrogen-bond acceptors (Lipinski definition) is 11. The average molecular weight is 1160 g/mol. The molecule has 0 saturated carbocycles. The smallest absolute Gasteiger partial charge is 0.258 e. The fourth-order valence-corrected chi connectivity index (χ4v) is 11.7. The first-order valence-corrected chi connectivity index (χ1v) is 27.9. The van der Waals surface area contributed by atoms with Crippen molar-refractivity contribution in [3.05, 3.63) is 284 Å². The van der Waals surface area contributed by atoms with Gasteiger partial charge < -0.3 is 34.8 Å². The van der Waals surface area contributed by atoms with Crippen LogP contribution in [0.15, 0.2) is 188 Å². The Kier molecular flexibility index (Phi) is 15.7. The molecule has 3 aliphatic heterocycles. The van der Waals surface area contributed by atoms with E-state index in [9.17, 15) is 47.7 Å². The van der Waals surface area contributed by atoms with Crippen LogP contribution in [0.25, 0.3) is 32.7 Å². The minimum Gasteiger partial charge on any atom is -0.505 e. The zero-order chi connectivity index (χ0) is 60.5. The number of rotatable bonds is 12. The first-order valence-electron chi connectivity index (χ1n) is 27.9. The van der Waals surface area contributed by atoms with E-state index in [1.165, 1.54) is 42.6 Å². The number of phenols is 2. The van der Waals surface area contributed by atoms with Gasteiger partial charge in [-0.2, -0.15) is 0 Å². The van der Waals surface area contributed by atoms with Crippen LogP contribution in [0, 0.1) is 24.4 Å². The number of halogens is 3. The van der Waals surface area contributed by atoms with Crippen molar-refractivity contribution in [1.29, 1.82) is 0 Å². The third kappa shape index (κ3) is 10.9. The van der Waals surface area contributed by atoms with Gasteiger partial charge in [0.05, 0.1) is 23.3 Å². The summed E-state index contributed by atoms with van der Waals surface area (Å²) < 4.78 is 46.3. The number of phenolic OH excluding ortho intramolecular Hbond substituents is 2. The summed E-state index contributed by atoms with van der Waals surface area (Å²) in [6.07, 6.45) is 5.04. The molecular weight excluding hydrogens is 1110 g/mol. The van der Waals surface area contributed by atoms with Crippen molar-refractivity contribution in [3.8, 4) is 17.2 Å². The largest absolute Gasteiger partial charge is 0.505 e. The molecule has 11 aromatic rings.